The van der Waals surface area contributed by atoms with Gasteiger partial charge in [0.05, 0.1) is 23.6 Å². The molecule has 11 heteroatoms. The molecule has 1 saturated carbocycles. The summed E-state index contributed by atoms with van der Waals surface area (Å²) >= 11 is 6.51. The van der Waals surface area contributed by atoms with Crippen LogP contribution in [0.2, 0.25) is 10.1 Å². The van der Waals surface area contributed by atoms with Gasteiger partial charge in [0.2, 0.25) is 10.0 Å². The van der Waals surface area contributed by atoms with Crippen LogP contribution in [0.5, 0.6) is 5.75 Å². The maximum absolute atomic E-state index is 14.5. The van der Waals surface area contributed by atoms with Gasteiger partial charge in [0.25, 0.3) is 14.2 Å². The molecule has 1 fully saturated rings. The van der Waals surface area contributed by atoms with Crippen molar-refractivity contribution in [1.29, 1.82) is 0 Å². The number of nitrogens with zero attached hydrogens (tertiary/aromatic N) is 1. The zero-order valence-corrected chi connectivity index (χ0v) is 41.6. The molecule has 0 unspecified atom stereocenters. The zero-order valence-electron chi connectivity index (χ0n) is 39.0. The summed E-state index contributed by atoms with van der Waals surface area (Å²) in [6.45, 7) is 16.4. The highest BCUT2D eigenvalue weighted by Crippen LogP contribution is 2.47. The van der Waals surface area contributed by atoms with E-state index >= 15 is 0 Å². The minimum Gasteiger partial charge on any atom is -0.490 e. The molecule has 0 bridgehead atoms. The number of rotatable bonds is 18. The minimum atomic E-state index is -4.20. The van der Waals surface area contributed by atoms with Crippen molar-refractivity contribution in [3.05, 3.63) is 144 Å². The molecule has 1 amide bonds. The van der Waals surface area contributed by atoms with Crippen LogP contribution < -0.4 is 24.7 Å². The third-order valence-electron chi connectivity index (χ3n) is 14.2. The van der Waals surface area contributed by atoms with E-state index in [4.69, 9.17) is 20.8 Å². The van der Waals surface area contributed by atoms with E-state index in [0.717, 1.165) is 66.0 Å². The molecule has 3 aliphatic rings. The van der Waals surface area contributed by atoms with Gasteiger partial charge in [-0.2, -0.15) is 0 Å². The minimum absolute atomic E-state index is 0.122. The number of unbranched alkanes of at least 4 members (excludes halogenated alkanes) is 1. The molecule has 4 aromatic carbocycles. The highest BCUT2D eigenvalue weighted by molar-refractivity contribution is 7.90. The maximum Gasteiger partial charge on any atom is 0.264 e. The molecule has 1 spiro atoms. The Hall–Kier alpha value is -4.19. The lowest BCUT2D eigenvalue weighted by molar-refractivity contribution is 0.0456. The number of nitrogens with one attached hydrogen (secondary N) is 1. The molecule has 1 aliphatic heterocycles. The summed E-state index contributed by atoms with van der Waals surface area (Å²) in [5, 5.41) is 13.0. The molecule has 2 N–H and O–H groups in total. The van der Waals surface area contributed by atoms with Crippen molar-refractivity contribution >= 4 is 51.9 Å². The first-order chi connectivity index (χ1) is 31.1. The molecule has 4 aromatic rings. The number of allylic oxidation sites excluding steroid dienone is 2. The average Bonchev–Trinajstić information content (AvgIpc) is 3.42. The Morgan fingerprint density at radius 3 is 2.37 bits per heavy atom. The summed E-state index contributed by atoms with van der Waals surface area (Å²) < 4.78 is 45.6. The lowest BCUT2D eigenvalue weighted by Gasteiger charge is -2.45. The van der Waals surface area contributed by atoms with Crippen molar-refractivity contribution in [3.63, 3.8) is 0 Å². The van der Waals surface area contributed by atoms with Gasteiger partial charge in [-0.05, 0) is 133 Å². The van der Waals surface area contributed by atoms with E-state index in [1.54, 1.807) is 18.2 Å². The highest BCUT2D eigenvalue weighted by Gasteiger charge is 2.51. The number of aryl methyl sites for hydroxylation is 1. The van der Waals surface area contributed by atoms with Crippen LogP contribution in [0.1, 0.15) is 114 Å². The average molecular weight is 938 g/mol. The number of aliphatic hydroxyl groups is 1. The Labute approximate surface area is 394 Å². The summed E-state index contributed by atoms with van der Waals surface area (Å²) in [4.78, 5) is 16.7. The Balaban J connectivity index is 1.17. The second-order valence-corrected chi connectivity index (χ2v) is 26.4. The third kappa shape index (κ3) is 10.7. The molecule has 0 radical (unpaired) electrons. The van der Waals surface area contributed by atoms with E-state index in [9.17, 15) is 18.3 Å². The second-order valence-electron chi connectivity index (χ2n) is 19.8. The molecule has 65 heavy (non-hydrogen) atoms. The Bertz CT molecular complexity index is 2370. The van der Waals surface area contributed by atoms with Gasteiger partial charge in [-0.15, -0.1) is 6.58 Å². The number of sulfonamides is 1. The SMILES string of the molecule is C=CCC[C@@H](C[C@@H](C)O[Si](c1ccccc1)(c1ccccc1)C(C)(C)C)S(=O)(=O)NC(=O)c1ccc2c(c1)N(C[C@@H]1CC[C@H]1[C@@H](O)/C=C/CCC)C[C@@]1(CCCc3cc(Cl)ccc31)CO2. The van der Waals surface area contributed by atoms with E-state index < -0.39 is 41.7 Å². The van der Waals surface area contributed by atoms with Gasteiger partial charge in [0.1, 0.15) is 5.75 Å². The third-order valence-corrected chi connectivity index (χ3v) is 21.4. The van der Waals surface area contributed by atoms with Gasteiger partial charge >= 0.3 is 0 Å². The van der Waals surface area contributed by atoms with Crippen molar-refractivity contribution < 1.29 is 27.5 Å². The van der Waals surface area contributed by atoms with Crippen LogP contribution in [0.25, 0.3) is 0 Å². The van der Waals surface area contributed by atoms with Gasteiger partial charge in [-0.1, -0.05) is 131 Å². The number of carbonyl (C=O) groups excluding carboxylic acids is 1. The largest absolute Gasteiger partial charge is 0.490 e. The Morgan fingerprint density at radius 2 is 1.74 bits per heavy atom. The maximum atomic E-state index is 14.5. The van der Waals surface area contributed by atoms with Gasteiger partial charge in [0, 0.05) is 35.2 Å². The van der Waals surface area contributed by atoms with Crippen LogP contribution in [0, 0.1) is 11.8 Å². The van der Waals surface area contributed by atoms with Crippen molar-refractivity contribution in [1.82, 2.24) is 4.72 Å². The standard InChI is InChI=1S/C54H69ClN2O6SSi/c1-7-9-13-25-50(58)47-29-26-42(47)36-57-37-54(32-18-19-40-34-43(55)28-30-48(40)54)38-62-51-31-27-41(35-49(51)57)52(59)56-64(60,61)44(20-10-8-2)33-39(3)63-65(53(4,5)6,45-21-14-11-15-22-45)46-23-16-12-17-24-46/h8,11-17,21-25,27-28,30-31,34-35,39,42,44,47,50,58H,2,7,9-10,18-20,26,29,32-33,36-38H2,1,3-6H3,(H,56,59)/b25-13+/t39-,42+,44+,47-,50+,54+/m1/s1. The first-order valence-corrected chi connectivity index (χ1v) is 27.5. The van der Waals surface area contributed by atoms with Crippen molar-refractivity contribution in [2.45, 2.75) is 127 Å². The lowest BCUT2D eigenvalue weighted by atomic mass is 9.68. The second kappa shape index (κ2) is 20.8. The number of hydrogen-bond acceptors (Lipinski definition) is 7. The molecule has 6 atom stereocenters. The number of amides is 1. The van der Waals surface area contributed by atoms with Crippen LogP contribution >= 0.6 is 11.6 Å². The summed E-state index contributed by atoms with van der Waals surface area (Å²) in [5.74, 6) is 0.312. The predicted molar refractivity (Wildman–Crippen MR) is 269 cm³/mol. The number of hydrogen-bond donors (Lipinski definition) is 2. The summed E-state index contributed by atoms with van der Waals surface area (Å²) in [6.07, 6.45) is 12.4. The number of benzene rings is 4. The number of carbonyl (C=O) groups is 1. The first-order valence-electron chi connectivity index (χ1n) is 23.7. The highest BCUT2D eigenvalue weighted by atomic mass is 35.5. The van der Waals surface area contributed by atoms with Crippen molar-refractivity contribution in [2.24, 2.45) is 11.8 Å². The molecular weight excluding hydrogens is 868 g/mol. The summed E-state index contributed by atoms with van der Waals surface area (Å²) in [6, 6.07) is 32.1. The van der Waals surface area contributed by atoms with Crippen LogP contribution in [0.4, 0.5) is 5.69 Å². The van der Waals surface area contributed by atoms with Crippen LogP contribution in [0.3, 0.4) is 0 Å². The monoisotopic (exact) mass is 936 g/mol. The summed E-state index contributed by atoms with van der Waals surface area (Å²) in [7, 11) is -7.19. The van der Waals surface area contributed by atoms with Crippen LogP contribution in [-0.4, -0.2) is 64.9 Å². The number of anilines is 1. The predicted octanol–water partition coefficient (Wildman–Crippen LogP) is 10.3. The zero-order chi connectivity index (χ0) is 46.4. The van der Waals surface area contributed by atoms with E-state index in [2.05, 4.69) is 86.4 Å². The topological polar surface area (TPSA) is 105 Å². The van der Waals surface area contributed by atoms with Crippen LogP contribution in [-0.2, 0) is 26.3 Å². The molecule has 0 saturated heterocycles. The normalized spacial score (nSPS) is 21.3. The fraction of sp³-hybridized carbons (Fsp3) is 0.463. The van der Waals surface area contributed by atoms with E-state index in [1.165, 1.54) is 11.1 Å². The Kier molecular flexibility index (Phi) is 15.6. The smallest absolute Gasteiger partial charge is 0.264 e. The number of aliphatic hydroxyl groups excluding tert-OH is 1. The molecular formula is C54H69ClN2O6SSi. The van der Waals surface area contributed by atoms with E-state index in [-0.39, 0.29) is 40.7 Å². The Morgan fingerprint density at radius 1 is 1.03 bits per heavy atom. The number of halogens is 1. The van der Waals surface area contributed by atoms with E-state index in [1.807, 2.05) is 61.5 Å². The van der Waals surface area contributed by atoms with Gasteiger partial charge in [-0.3, -0.25) is 4.79 Å². The van der Waals surface area contributed by atoms with Crippen molar-refractivity contribution in [2.75, 3.05) is 24.6 Å². The fourth-order valence-corrected chi connectivity index (χ4v) is 17.2. The van der Waals surface area contributed by atoms with Crippen LogP contribution in [0.15, 0.2) is 122 Å². The first kappa shape index (κ1) is 48.7. The molecule has 8 nitrogen and oxygen atoms in total. The quantitative estimate of drug-likeness (QED) is 0.0756. The summed E-state index contributed by atoms with van der Waals surface area (Å²) in [5.41, 5.74) is 3.14. The fourth-order valence-electron chi connectivity index (χ4n) is 10.7. The van der Waals surface area contributed by atoms with Gasteiger partial charge in [-0.25, -0.2) is 13.1 Å². The lowest BCUT2D eigenvalue weighted by Crippen LogP contribution is -2.67. The molecule has 0 aromatic heterocycles. The molecule has 7 rings (SSSR count). The van der Waals surface area contributed by atoms with Gasteiger partial charge in [0.15, 0.2) is 0 Å². The molecule has 2 aliphatic carbocycles. The molecule has 1 heterocycles. The molecule has 348 valence electrons. The van der Waals surface area contributed by atoms with E-state index in [0.29, 0.717) is 31.9 Å². The number of ether oxygens (including phenoxy) is 1. The number of fused-ring (bicyclic) bond motifs is 3. The van der Waals surface area contributed by atoms with Gasteiger partial charge < -0.3 is 19.2 Å². The van der Waals surface area contributed by atoms with Crippen molar-refractivity contribution in [3.8, 4) is 5.75 Å².